The van der Waals surface area contributed by atoms with E-state index in [9.17, 15) is 19.5 Å². The third-order valence-electron chi connectivity index (χ3n) is 8.14. The van der Waals surface area contributed by atoms with E-state index in [4.69, 9.17) is 4.74 Å². The number of hydrogen-bond acceptors (Lipinski definition) is 6. The Balaban J connectivity index is 1.26. The highest BCUT2D eigenvalue weighted by atomic mass is 32.2. The number of amides is 3. The highest BCUT2D eigenvalue weighted by molar-refractivity contribution is 8.02. The zero-order chi connectivity index (χ0) is 27.1. The normalized spacial score (nSPS) is 27.0. The summed E-state index contributed by atoms with van der Waals surface area (Å²) in [7, 11) is 0. The number of β-amino-alcohol motifs (C(OH)–C–C–N with tert-alkyl or cyclic N) is 1. The van der Waals surface area contributed by atoms with Crippen LogP contribution in [0.3, 0.4) is 0 Å². The number of thioether (sulfide) groups is 1. The van der Waals surface area contributed by atoms with Gasteiger partial charge >= 0.3 is 0 Å². The van der Waals surface area contributed by atoms with Gasteiger partial charge in [-0.3, -0.25) is 14.4 Å². The minimum Gasteiger partial charge on any atom is -0.494 e. The van der Waals surface area contributed by atoms with Gasteiger partial charge in [-0.15, -0.1) is 11.8 Å². The highest BCUT2D eigenvalue weighted by Crippen LogP contribution is 2.66. The van der Waals surface area contributed by atoms with E-state index < -0.39 is 22.6 Å². The standard InChI is InChI=1S/C30H31N3O5S/c1-2-38-22-11-9-20(10-12-22)31-27(35)24-23-13-14-30(39-23)25(24)29(37)33(15-16-34)26(30)28(36)32-21-8-7-18-5-3-4-6-19(18)17-21/h3-12,17,23-26,34H,2,13-16H2,1H3,(H,31,35)(H,32,36)/t23-,24+,25-,26?,30?/m0/s1. The highest BCUT2D eigenvalue weighted by Gasteiger charge is 2.73. The first kappa shape index (κ1) is 25.7. The summed E-state index contributed by atoms with van der Waals surface area (Å²) < 4.78 is 4.77. The van der Waals surface area contributed by atoms with Gasteiger partial charge in [0.15, 0.2) is 0 Å². The number of benzene rings is 3. The van der Waals surface area contributed by atoms with E-state index in [1.54, 1.807) is 36.0 Å². The first-order valence-electron chi connectivity index (χ1n) is 13.4. The lowest BCUT2D eigenvalue weighted by Gasteiger charge is -2.34. The number of ether oxygens (including phenoxy) is 1. The summed E-state index contributed by atoms with van der Waals surface area (Å²) >= 11 is 1.60. The van der Waals surface area contributed by atoms with Gasteiger partial charge < -0.3 is 25.4 Å². The predicted octanol–water partition coefficient (Wildman–Crippen LogP) is 3.90. The average molecular weight is 546 g/mol. The Morgan fingerprint density at radius 2 is 1.74 bits per heavy atom. The maximum absolute atomic E-state index is 13.8. The van der Waals surface area contributed by atoms with Crippen LogP contribution < -0.4 is 15.4 Å². The van der Waals surface area contributed by atoms with Crippen LogP contribution in [0.1, 0.15) is 19.8 Å². The molecule has 6 rings (SSSR count). The molecule has 202 valence electrons. The van der Waals surface area contributed by atoms with Crippen molar-refractivity contribution in [3.05, 3.63) is 66.7 Å². The smallest absolute Gasteiger partial charge is 0.248 e. The van der Waals surface area contributed by atoms with Crippen LogP contribution in [0.15, 0.2) is 66.7 Å². The Labute approximate surface area is 231 Å². The number of rotatable bonds is 8. The minimum atomic E-state index is -0.771. The van der Waals surface area contributed by atoms with Gasteiger partial charge in [0.2, 0.25) is 17.7 Å². The first-order valence-corrected chi connectivity index (χ1v) is 14.3. The van der Waals surface area contributed by atoms with Crippen molar-refractivity contribution >= 4 is 51.6 Å². The zero-order valence-corrected chi connectivity index (χ0v) is 22.4. The summed E-state index contributed by atoms with van der Waals surface area (Å²) in [6, 6.07) is 20.0. The number of fused-ring (bicyclic) bond motifs is 2. The van der Waals surface area contributed by atoms with E-state index >= 15 is 0 Å². The summed E-state index contributed by atoms with van der Waals surface area (Å²) in [5.74, 6) is -1.18. The van der Waals surface area contributed by atoms with Gasteiger partial charge in [-0.25, -0.2) is 0 Å². The monoisotopic (exact) mass is 545 g/mol. The van der Waals surface area contributed by atoms with Crippen molar-refractivity contribution in [3.63, 3.8) is 0 Å². The fourth-order valence-corrected chi connectivity index (χ4v) is 8.83. The van der Waals surface area contributed by atoms with Crippen molar-refractivity contribution in [2.24, 2.45) is 11.8 Å². The van der Waals surface area contributed by atoms with E-state index in [0.29, 0.717) is 24.4 Å². The van der Waals surface area contributed by atoms with Crippen LogP contribution >= 0.6 is 11.8 Å². The lowest BCUT2D eigenvalue weighted by atomic mass is 9.70. The van der Waals surface area contributed by atoms with Gasteiger partial charge in [0, 0.05) is 23.2 Å². The van der Waals surface area contributed by atoms with E-state index in [1.165, 1.54) is 4.90 Å². The molecule has 3 fully saturated rings. The van der Waals surface area contributed by atoms with E-state index in [0.717, 1.165) is 22.9 Å². The molecule has 3 aliphatic heterocycles. The summed E-state index contributed by atoms with van der Waals surface area (Å²) in [5.41, 5.74) is 1.28. The number of carbonyl (C=O) groups is 3. The Morgan fingerprint density at radius 3 is 2.49 bits per heavy atom. The maximum atomic E-state index is 13.8. The number of aliphatic hydroxyl groups excluding tert-OH is 1. The summed E-state index contributed by atoms with van der Waals surface area (Å²) in [4.78, 5) is 42.7. The van der Waals surface area contributed by atoms with E-state index in [-0.39, 0.29) is 36.1 Å². The van der Waals surface area contributed by atoms with Gasteiger partial charge in [-0.2, -0.15) is 0 Å². The second-order valence-electron chi connectivity index (χ2n) is 10.3. The fourth-order valence-electron chi connectivity index (χ4n) is 6.61. The molecule has 3 aromatic rings. The molecule has 2 bridgehead atoms. The number of anilines is 2. The van der Waals surface area contributed by atoms with Crippen molar-refractivity contribution in [2.75, 3.05) is 30.4 Å². The van der Waals surface area contributed by atoms with Crippen molar-refractivity contribution in [1.29, 1.82) is 0 Å². The molecule has 3 N–H and O–H groups in total. The quantitative estimate of drug-likeness (QED) is 0.396. The Hall–Kier alpha value is -3.56. The molecule has 0 aromatic heterocycles. The Morgan fingerprint density at radius 1 is 1.03 bits per heavy atom. The van der Waals surface area contributed by atoms with Gasteiger partial charge in [0.05, 0.1) is 29.8 Å². The molecule has 3 amide bonds. The number of carbonyl (C=O) groups excluding carboxylic acids is 3. The van der Waals surface area contributed by atoms with Crippen LogP contribution in [0.4, 0.5) is 11.4 Å². The first-order chi connectivity index (χ1) is 18.9. The zero-order valence-electron chi connectivity index (χ0n) is 21.6. The summed E-state index contributed by atoms with van der Waals surface area (Å²) in [6.07, 6.45) is 1.42. The van der Waals surface area contributed by atoms with Gasteiger partial charge in [0.1, 0.15) is 11.8 Å². The third kappa shape index (κ3) is 4.33. The molecule has 0 saturated carbocycles. The second-order valence-corrected chi connectivity index (χ2v) is 11.9. The molecule has 0 aliphatic carbocycles. The number of nitrogens with one attached hydrogen (secondary N) is 2. The third-order valence-corrected chi connectivity index (χ3v) is 10.1. The molecule has 3 saturated heterocycles. The Bertz CT molecular complexity index is 1430. The minimum absolute atomic E-state index is 0.0470. The molecule has 0 radical (unpaired) electrons. The molecule has 9 heteroatoms. The van der Waals surface area contributed by atoms with Crippen molar-refractivity contribution in [2.45, 2.75) is 35.8 Å². The van der Waals surface area contributed by atoms with Crippen molar-refractivity contribution in [3.8, 4) is 5.75 Å². The second kappa shape index (κ2) is 10.2. The van der Waals surface area contributed by atoms with E-state index in [1.807, 2.05) is 49.4 Å². The van der Waals surface area contributed by atoms with Crippen LogP contribution in [0, 0.1) is 11.8 Å². The summed E-state index contributed by atoms with van der Waals surface area (Å²) in [5, 5.41) is 17.8. The number of likely N-dealkylation sites (tertiary alicyclic amines) is 1. The number of hydrogen-bond donors (Lipinski definition) is 3. The number of aliphatic hydroxyl groups is 1. The van der Waals surface area contributed by atoms with Gasteiger partial charge in [-0.1, -0.05) is 30.3 Å². The fraction of sp³-hybridized carbons (Fsp3) is 0.367. The van der Waals surface area contributed by atoms with E-state index in [2.05, 4.69) is 10.6 Å². The average Bonchev–Trinajstić information content (AvgIpc) is 3.57. The molecule has 5 atom stereocenters. The van der Waals surface area contributed by atoms with Crippen LogP contribution in [0.5, 0.6) is 5.75 Å². The maximum Gasteiger partial charge on any atom is 0.248 e. The van der Waals surface area contributed by atoms with Gasteiger partial charge in [-0.05, 0) is 66.9 Å². The lowest BCUT2D eigenvalue weighted by molar-refractivity contribution is -0.138. The molecule has 2 unspecified atom stereocenters. The van der Waals surface area contributed by atoms with Crippen molar-refractivity contribution in [1.82, 2.24) is 4.90 Å². The molecular weight excluding hydrogens is 514 g/mol. The largest absolute Gasteiger partial charge is 0.494 e. The van der Waals surface area contributed by atoms with Crippen molar-refractivity contribution < 1.29 is 24.2 Å². The molecule has 3 aromatic carbocycles. The summed E-state index contributed by atoms with van der Waals surface area (Å²) in [6.45, 7) is 2.25. The van der Waals surface area contributed by atoms with Crippen LogP contribution in [-0.4, -0.2) is 63.5 Å². The molecule has 1 spiro atoms. The topological polar surface area (TPSA) is 108 Å². The predicted molar refractivity (Wildman–Crippen MR) is 152 cm³/mol. The van der Waals surface area contributed by atoms with Crippen LogP contribution in [-0.2, 0) is 14.4 Å². The Kier molecular flexibility index (Phi) is 6.72. The lowest BCUT2D eigenvalue weighted by Crippen LogP contribution is -2.52. The molecule has 3 aliphatic rings. The molecule has 39 heavy (non-hydrogen) atoms. The number of nitrogens with zero attached hydrogens (tertiary/aromatic N) is 1. The molecule has 8 nitrogen and oxygen atoms in total. The van der Waals surface area contributed by atoms with Crippen LogP contribution in [0.25, 0.3) is 10.8 Å². The SMILES string of the molecule is CCOc1ccc(NC(=O)[C@@H]2[C@@H]3CCC4(S3)C(C(=O)Nc3ccc5ccccc5c3)N(CCO)C(=O)[C@H]24)cc1. The van der Waals surface area contributed by atoms with Gasteiger partial charge in [0.25, 0.3) is 0 Å². The molecular formula is C30H31N3O5S. The van der Waals surface area contributed by atoms with Crippen LogP contribution in [0.2, 0.25) is 0 Å². The molecule has 3 heterocycles.